The van der Waals surface area contributed by atoms with Gasteiger partial charge in [-0.25, -0.2) is 0 Å². The van der Waals surface area contributed by atoms with Gasteiger partial charge < -0.3 is 15.8 Å². The fourth-order valence-electron chi connectivity index (χ4n) is 3.63. The summed E-state index contributed by atoms with van der Waals surface area (Å²) in [6.45, 7) is 6.78. The summed E-state index contributed by atoms with van der Waals surface area (Å²) < 4.78 is 5.70. The van der Waals surface area contributed by atoms with Crippen molar-refractivity contribution in [2.75, 3.05) is 6.61 Å². The maximum atomic E-state index is 12.7. The Kier molecular flexibility index (Phi) is 3.37. The zero-order valence-corrected chi connectivity index (χ0v) is 12.9. The Labute approximate surface area is 121 Å². The van der Waals surface area contributed by atoms with Gasteiger partial charge in [0, 0.05) is 24.5 Å². The van der Waals surface area contributed by atoms with Crippen LogP contribution in [0.25, 0.3) is 0 Å². The van der Waals surface area contributed by atoms with Gasteiger partial charge in [-0.05, 0) is 44.4 Å². The standard InChI is InChI=1S/C16H28N2O2/c1-4-20-12-9-16(17,15(12,2)3)14(19)18-13(10-5-6-10)11-7-8-11/h10-13H,4-9,17H2,1-3H3,(H,18,19). The summed E-state index contributed by atoms with van der Waals surface area (Å²) >= 11 is 0. The highest BCUT2D eigenvalue weighted by Gasteiger charge is 2.63. The van der Waals surface area contributed by atoms with E-state index in [2.05, 4.69) is 19.2 Å². The van der Waals surface area contributed by atoms with Crippen LogP contribution in [0.4, 0.5) is 0 Å². The summed E-state index contributed by atoms with van der Waals surface area (Å²) in [5.74, 6) is 1.46. The first-order valence-corrected chi connectivity index (χ1v) is 8.11. The second kappa shape index (κ2) is 4.70. The first kappa shape index (κ1) is 14.3. The van der Waals surface area contributed by atoms with Gasteiger partial charge in [0.2, 0.25) is 5.91 Å². The number of carbonyl (C=O) groups excluding carboxylic acids is 1. The summed E-state index contributed by atoms with van der Waals surface area (Å²) in [6.07, 6.45) is 5.81. The molecule has 4 nitrogen and oxygen atoms in total. The van der Waals surface area contributed by atoms with E-state index in [1.165, 1.54) is 25.7 Å². The molecule has 0 saturated heterocycles. The van der Waals surface area contributed by atoms with Crippen molar-refractivity contribution in [3.63, 3.8) is 0 Å². The molecular weight excluding hydrogens is 252 g/mol. The molecule has 0 radical (unpaired) electrons. The number of hydrogen-bond donors (Lipinski definition) is 2. The molecule has 3 saturated carbocycles. The fraction of sp³-hybridized carbons (Fsp3) is 0.938. The predicted octanol–water partition coefficient (Wildman–Crippen LogP) is 1.82. The molecule has 3 fully saturated rings. The fourth-order valence-corrected chi connectivity index (χ4v) is 3.63. The molecule has 0 bridgehead atoms. The van der Waals surface area contributed by atoms with Crippen molar-refractivity contribution in [3.05, 3.63) is 0 Å². The molecule has 0 aliphatic heterocycles. The Bertz CT molecular complexity index is 389. The minimum atomic E-state index is -0.769. The molecule has 0 aromatic rings. The first-order chi connectivity index (χ1) is 9.40. The van der Waals surface area contributed by atoms with Crippen LogP contribution in [0.3, 0.4) is 0 Å². The van der Waals surface area contributed by atoms with Gasteiger partial charge in [0.25, 0.3) is 0 Å². The molecule has 3 N–H and O–H groups in total. The molecule has 0 spiro atoms. The van der Waals surface area contributed by atoms with Crippen LogP contribution in [0.1, 0.15) is 52.9 Å². The molecule has 3 aliphatic rings. The van der Waals surface area contributed by atoms with E-state index in [1.807, 2.05) is 6.92 Å². The minimum absolute atomic E-state index is 0.0438. The Hall–Kier alpha value is -0.610. The van der Waals surface area contributed by atoms with Crippen molar-refractivity contribution >= 4 is 5.91 Å². The zero-order chi connectivity index (χ0) is 14.5. The largest absolute Gasteiger partial charge is 0.378 e. The Morgan fingerprint density at radius 3 is 2.25 bits per heavy atom. The van der Waals surface area contributed by atoms with Crippen LogP contribution in [0.15, 0.2) is 0 Å². The topological polar surface area (TPSA) is 64.3 Å². The van der Waals surface area contributed by atoms with E-state index in [0.29, 0.717) is 30.9 Å². The molecule has 3 aliphatic carbocycles. The molecule has 0 aromatic carbocycles. The summed E-state index contributed by atoms with van der Waals surface area (Å²) in [5, 5.41) is 3.28. The van der Waals surface area contributed by atoms with E-state index in [-0.39, 0.29) is 17.4 Å². The summed E-state index contributed by atoms with van der Waals surface area (Å²) in [4.78, 5) is 12.7. The van der Waals surface area contributed by atoms with Crippen molar-refractivity contribution in [1.29, 1.82) is 0 Å². The van der Waals surface area contributed by atoms with Crippen LogP contribution >= 0.6 is 0 Å². The molecule has 20 heavy (non-hydrogen) atoms. The van der Waals surface area contributed by atoms with Gasteiger partial charge in [-0.3, -0.25) is 4.79 Å². The van der Waals surface area contributed by atoms with Crippen LogP contribution in [0.2, 0.25) is 0 Å². The molecule has 0 aromatic heterocycles. The van der Waals surface area contributed by atoms with Gasteiger partial charge in [0.05, 0.1) is 6.10 Å². The highest BCUT2D eigenvalue weighted by atomic mass is 16.5. The second-order valence-electron chi connectivity index (χ2n) is 7.52. The number of amides is 1. The molecule has 3 rings (SSSR count). The zero-order valence-electron chi connectivity index (χ0n) is 12.9. The highest BCUT2D eigenvalue weighted by Crippen LogP contribution is 2.51. The van der Waals surface area contributed by atoms with Crippen LogP contribution < -0.4 is 11.1 Å². The molecule has 2 atom stereocenters. The third-order valence-corrected chi connectivity index (χ3v) is 5.79. The maximum Gasteiger partial charge on any atom is 0.241 e. The van der Waals surface area contributed by atoms with Gasteiger partial charge in [0.15, 0.2) is 0 Å². The summed E-state index contributed by atoms with van der Waals surface area (Å²) in [7, 11) is 0. The third-order valence-electron chi connectivity index (χ3n) is 5.79. The average molecular weight is 280 g/mol. The van der Waals surface area contributed by atoms with Crippen LogP contribution in [0, 0.1) is 17.3 Å². The van der Waals surface area contributed by atoms with Gasteiger partial charge in [-0.15, -0.1) is 0 Å². The van der Waals surface area contributed by atoms with E-state index < -0.39 is 5.54 Å². The van der Waals surface area contributed by atoms with Crippen molar-refractivity contribution < 1.29 is 9.53 Å². The van der Waals surface area contributed by atoms with E-state index in [1.54, 1.807) is 0 Å². The highest BCUT2D eigenvalue weighted by molar-refractivity contribution is 5.89. The van der Waals surface area contributed by atoms with Gasteiger partial charge >= 0.3 is 0 Å². The molecular formula is C16H28N2O2. The number of nitrogens with one attached hydrogen (secondary N) is 1. The van der Waals surface area contributed by atoms with Gasteiger partial charge in [-0.1, -0.05) is 13.8 Å². The van der Waals surface area contributed by atoms with E-state index in [0.717, 1.165) is 0 Å². The monoisotopic (exact) mass is 280 g/mol. The lowest BCUT2D eigenvalue weighted by molar-refractivity contribution is -0.171. The summed E-state index contributed by atoms with van der Waals surface area (Å²) in [6, 6.07) is 0.380. The minimum Gasteiger partial charge on any atom is -0.378 e. The lowest BCUT2D eigenvalue weighted by Crippen LogP contribution is -2.76. The van der Waals surface area contributed by atoms with Gasteiger partial charge in [-0.2, -0.15) is 0 Å². The Balaban J connectivity index is 1.64. The lowest BCUT2D eigenvalue weighted by atomic mass is 9.54. The first-order valence-electron chi connectivity index (χ1n) is 8.11. The normalized spacial score (nSPS) is 35.8. The molecule has 1 amide bonds. The Morgan fingerprint density at radius 1 is 1.30 bits per heavy atom. The number of ether oxygens (including phenoxy) is 1. The van der Waals surface area contributed by atoms with Crippen LogP contribution in [-0.2, 0) is 9.53 Å². The number of nitrogens with two attached hydrogens (primary N) is 1. The smallest absolute Gasteiger partial charge is 0.241 e. The second-order valence-corrected chi connectivity index (χ2v) is 7.52. The predicted molar refractivity (Wildman–Crippen MR) is 78.1 cm³/mol. The maximum absolute atomic E-state index is 12.7. The SMILES string of the molecule is CCOC1CC(N)(C(=O)NC(C2CC2)C2CC2)C1(C)C. The van der Waals surface area contributed by atoms with Crippen molar-refractivity contribution in [1.82, 2.24) is 5.32 Å². The summed E-state index contributed by atoms with van der Waals surface area (Å²) in [5.41, 5.74) is 5.39. The Morgan fingerprint density at radius 2 is 1.85 bits per heavy atom. The number of carbonyl (C=O) groups is 1. The van der Waals surface area contributed by atoms with Gasteiger partial charge in [0.1, 0.15) is 5.54 Å². The van der Waals surface area contributed by atoms with Crippen LogP contribution in [-0.4, -0.2) is 30.2 Å². The quantitative estimate of drug-likeness (QED) is 0.780. The number of hydrogen-bond acceptors (Lipinski definition) is 3. The van der Waals surface area contributed by atoms with E-state index in [9.17, 15) is 4.79 Å². The van der Waals surface area contributed by atoms with Crippen molar-refractivity contribution in [2.24, 2.45) is 23.0 Å². The lowest BCUT2D eigenvalue weighted by Gasteiger charge is -2.57. The van der Waals surface area contributed by atoms with Crippen LogP contribution in [0.5, 0.6) is 0 Å². The molecule has 4 heteroatoms. The number of rotatable bonds is 6. The van der Waals surface area contributed by atoms with E-state index >= 15 is 0 Å². The van der Waals surface area contributed by atoms with Crippen molar-refractivity contribution in [3.8, 4) is 0 Å². The molecule has 114 valence electrons. The van der Waals surface area contributed by atoms with E-state index in [4.69, 9.17) is 10.5 Å². The van der Waals surface area contributed by atoms with Crippen molar-refractivity contribution in [2.45, 2.75) is 70.6 Å². The molecule has 2 unspecified atom stereocenters. The molecule has 0 heterocycles. The third kappa shape index (κ3) is 2.17. The average Bonchev–Trinajstić information content (AvgIpc) is 3.28.